The van der Waals surface area contributed by atoms with Crippen LogP contribution in [-0.4, -0.2) is 13.1 Å². The van der Waals surface area contributed by atoms with Crippen molar-refractivity contribution >= 4 is 16.7 Å². The molecule has 29 heavy (non-hydrogen) atoms. The van der Waals surface area contributed by atoms with Gasteiger partial charge in [0, 0.05) is 30.2 Å². The van der Waals surface area contributed by atoms with E-state index in [0.29, 0.717) is 11.1 Å². The summed E-state index contributed by atoms with van der Waals surface area (Å²) in [6.45, 7) is 6.09. The summed E-state index contributed by atoms with van der Waals surface area (Å²) in [5, 5.41) is 0.948. The Morgan fingerprint density at radius 3 is 2.34 bits per heavy atom. The Hall–Kier alpha value is -3.33. The lowest BCUT2D eigenvalue weighted by atomic mass is 9.96. The summed E-state index contributed by atoms with van der Waals surface area (Å²) in [7, 11) is 0. The first kappa shape index (κ1) is 17.7. The fraction of sp³-hybridized carbons (Fsp3) is 0.192. The third kappa shape index (κ3) is 2.85. The second-order valence-electron chi connectivity index (χ2n) is 7.51. The molecule has 3 aromatic carbocycles. The normalized spacial score (nSPS) is 12.1. The Bertz CT molecular complexity index is 1280. The highest BCUT2D eigenvalue weighted by Crippen LogP contribution is 2.41. The van der Waals surface area contributed by atoms with E-state index in [-0.39, 0.29) is 5.63 Å². The van der Waals surface area contributed by atoms with Gasteiger partial charge in [-0.25, -0.2) is 4.79 Å². The van der Waals surface area contributed by atoms with E-state index < -0.39 is 0 Å². The molecule has 0 atom stereocenters. The Labute approximate surface area is 170 Å². The summed E-state index contributed by atoms with van der Waals surface area (Å²) in [6.07, 6.45) is 0.847. The molecule has 1 aromatic heterocycles. The van der Waals surface area contributed by atoms with Crippen LogP contribution >= 0.6 is 0 Å². The summed E-state index contributed by atoms with van der Waals surface area (Å²) < 4.78 is 5.78. The Morgan fingerprint density at radius 1 is 0.828 bits per heavy atom. The average molecular weight is 381 g/mol. The minimum Gasteiger partial charge on any atom is -0.422 e. The quantitative estimate of drug-likeness (QED) is 0.365. The van der Waals surface area contributed by atoms with Crippen molar-refractivity contribution < 1.29 is 4.42 Å². The van der Waals surface area contributed by atoms with Crippen LogP contribution in [0, 0.1) is 0 Å². The molecule has 0 aliphatic heterocycles. The number of anilines is 1. The highest BCUT2D eigenvalue weighted by atomic mass is 16.4. The van der Waals surface area contributed by atoms with Crippen LogP contribution in [0.3, 0.4) is 0 Å². The number of nitrogens with zero attached hydrogens (tertiary/aromatic N) is 1. The van der Waals surface area contributed by atoms with E-state index >= 15 is 0 Å². The number of benzene rings is 3. The number of fused-ring (bicyclic) bond motifs is 4. The van der Waals surface area contributed by atoms with Crippen molar-refractivity contribution in [2.75, 3.05) is 18.0 Å². The Kier molecular flexibility index (Phi) is 4.24. The molecule has 0 N–H and O–H groups in total. The summed E-state index contributed by atoms with van der Waals surface area (Å²) in [5.41, 5.74) is 8.05. The lowest BCUT2D eigenvalue weighted by Gasteiger charge is -2.21. The van der Waals surface area contributed by atoms with Crippen LogP contribution in [0.25, 0.3) is 33.2 Å². The zero-order valence-electron chi connectivity index (χ0n) is 16.7. The molecular weight excluding hydrogens is 358 g/mol. The van der Waals surface area contributed by atoms with Crippen LogP contribution in [0.4, 0.5) is 5.69 Å². The largest absolute Gasteiger partial charge is 0.422 e. The molecule has 3 nitrogen and oxygen atoms in total. The van der Waals surface area contributed by atoms with E-state index in [4.69, 9.17) is 4.42 Å². The molecule has 3 heteroatoms. The van der Waals surface area contributed by atoms with Gasteiger partial charge in [-0.3, -0.25) is 0 Å². The maximum absolute atomic E-state index is 12.9. The van der Waals surface area contributed by atoms with Gasteiger partial charge in [0.15, 0.2) is 0 Å². The van der Waals surface area contributed by atoms with Gasteiger partial charge >= 0.3 is 5.63 Å². The molecule has 0 fully saturated rings. The van der Waals surface area contributed by atoms with Gasteiger partial charge in [0.25, 0.3) is 0 Å². The van der Waals surface area contributed by atoms with Crippen LogP contribution in [0.2, 0.25) is 0 Å². The van der Waals surface area contributed by atoms with E-state index in [1.807, 2.05) is 30.3 Å². The lowest BCUT2D eigenvalue weighted by molar-refractivity contribution is 0.563. The van der Waals surface area contributed by atoms with Crippen molar-refractivity contribution in [1.82, 2.24) is 0 Å². The van der Waals surface area contributed by atoms with Crippen molar-refractivity contribution in [2.45, 2.75) is 20.3 Å². The van der Waals surface area contributed by atoms with Gasteiger partial charge in [-0.1, -0.05) is 42.5 Å². The van der Waals surface area contributed by atoms with Crippen LogP contribution in [-0.2, 0) is 6.42 Å². The summed E-state index contributed by atoms with van der Waals surface area (Å²) in [6, 6.07) is 22.8. The first-order valence-electron chi connectivity index (χ1n) is 10.2. The lowest BCUT2D eigenvalue weighted by Crippen LogP contribution is -2.21. The van der Waals surface area contributed by atoms with Crippen LogP contribution in [0.1, 0.15) is 25.0 Å². The second-order valence-corrected chi connectivity index (χ2v) is 7.51. The van der Waals surface area contributed by atoms with Gasteiger partial charge in [-0.15, -0.1) is 0 Å². The zero-order chi connectivity index (χ0) is 20.0. The predicted molar refractivity (Wildman–Crippen MR) is 120 cm³/mol. The molecule has 5 rings (SSSR count). The van der Waals surface area contributed by atoms with E-state index in [0.717, 1.165) is 36.1 Å². The van der Waals surface area contributed by atoms with Crippen LogP contribution in [0.5, 0.6) is 0 Å². The minimum atomic E-state index is -0.279. The first-order valence-corrected chi connectivity index (χ1v) is 10.2. The van der Waals surface area contributed by atoms with E-state index in [9.17, 15) is 4.79 Å². The molecule has 144 valence electrons. The molecule has 0 radical (unpaired) electrons. The van der Waals surface area contributed by atoms with Gasteiger partial charge in [-0.2, -0.15) is 0 Å². The van der Waals surface area contributed by atoms with Crippen molar-refractivity contribution in [3.63, 3.8) is 0 Å². The molecule has 1 heterocycles. The molecule has 4 aromatic rings. The number of rotatable bonds is 4. The second kappa shape index (κ2) is 6.93. The van der Waals surface area contributed by atoms with Crippen molar-refractivity contribution in [3.8, 4) is 22.3 Å². The smallest absolute Gasteiger partial charge is 0.344 e. The molecule has 1 aliphatic carbocycles. The van der Waals surface area contributed by atoms with Crippen molar-refractivity contribution in [1.29, 1.82) is 0 Å². The molecular formula is C26H23NO2. The molecule has 0 saturated carbocycles. The predicted octanol–water partition coefficient (Wildman–Crippen LogP) is 5.88. The van der Waals surface area contributed by atoms with Gasteiger partial charge in [0.1, 0.15) is 5.58 Å². The van der Waals surface area contributed by atoms with Crippen molar-refractivity contribution in [3.05, 3.63) is 88.3 Å². The third-order valence-electron chi connectivity index (χ3n) is 5.99. The first-order chi connectivity index (χ1) is 14.2. The minimum absolute atomic E-state index is 0.279. The topological polar surface area (TPSA) is 33.5 Å². The standard InChI is InChI=1S/C26H23NO2/c1-3-27(4-2)19-13-12-18-15-24(26(28)29-25(18)16-19)22-11-7-10-21-20-9-6-5-8-17(20)14-23(21)22/h5-13,15-16H,3-4,14H2,1-2H3. The van der Waals surface area contributed by atoms with Crippen LogP contribution in [0.15, 0.2) is 75.9 Å². The molecule has 0 spiro atoms. The summed E-state index contributed by atoms with van der Waals surface area (Å²) >= 11 is 0. The monoisotopic (exact) mass is 381 g/mol. The molecule has 0 saturated heterocycles. The summed E-state index contributed by atoms with van der Waals surface area (Å²) in [4.78, 5) is 15.2. The van der Waals surface area contributed by atoms with Gasteiger partial charge in [0.05, 0.1) is 5.56 Å². The molecule has 0 unspecified atom stereocenters. The maximum atomic E-state index is 12.9. The number of hydrogen-bond acceptors (Lipinski definition) is 3. The van der Waals surface area contributed by atoms with Crippen LogP contribution < -0.4 is 10.5 Å². The van der Waals surface area contributed by atoms with E-state index in [1.165, 1.54) is 22.3 Å². The zero-order valence-corrected chi connectivity index (χ0v) is 16.7. The maximum Gasteiger partial charge on any atom is 0.344 e. The van der Waals surface area contributed by atoms with E-state index in [1.54, 1.807) is 0 Å². The summed E-state index contributed by atoms with van der Waals surface area (Å²) in [5.74, 6) is 0. The Morgan fingerprint density at radius 2 is 1.55 bits per heavy atom. The van der Waals surface area contributed by atoms with Gasteiger partial charge in [0.2, 0.25) is 0 Å². The van der Waals surface area contributed by atoms with Gasteiger partial charge < -0.3 is 9.32 Å². The molecule has 0 bridgehead atoms. The highest BCUT2D eigenvalue weighted by molar-refractivity contribution is 5.88. The number of hydrogen-bond donors (Lipinski definition) is 0. The van der Waals surface area contributed by atoms with Crippen molar-refractivity contribution in [2.24, 2.45) is 0 Å². The fourth-order valence-electron chi connectivity index (χ4n) is 4.48. The SMILES string of the molecule is CCN(CC)c1ccc2cc(-c3cccc4c3Cc3ccccc3-4)c(=O)oc2c1. The fourth-order valence-corrected chi connectivity index (χ4v) is 4.48. The average Bonchev–Trinajstić information content (AvgIpc) is 3.13. The third-order valence-corrected chi connectivity index (χ3v) is 5.99. The Balaban J connectivity index is 1.65. The molecule has 0 amide bonds. The van der Waals surface area contributed by atoms with E-state index in [2.05, 4.69) is 55.1 Å². The molecule has 1 aliphatic rings. The highest BCUT2D eigenvalue weighted by Gasteiger charge is 2.22. The van der Waals surface area contributed by atoms with Gasteiger partial charge in [-0.05, 0) is 66.3 Å².